The van der Waals surface area contributed by atoms with Crippen molar-refractivity contribution in [3.05, 3.63) is 0 Å². The topological polar surface area (TPSA) is 70.7 Å². The molecule has 0 aromatic carbocycles. The summed E-state index contributed by atoms with van der Waals surface area (Å²) >= 11 is 0. The maximum atomic E-state index is 11.8. The highest BCUT2D eigenvalue weighted by Crippen LogP contribution is 2.11. The van der Waals surface area contributed by atoms with E-state index in [4.69, 9.17) is 4.74 Å². The van der Waals surface area contributed by atoms with E-state index < -0.39 is 0 Å². The van der Waals surface area contributed by atoms with Gasteiger partial charge in [-0.15, -0.1) is 0 Å². The molecule has 2 N–H and O–H groups in total. The highest BCUT2D eigenvalue weighted by molar-refractivity contribution is 5.82. The van der Waals surface area contributed by atoms with Crippen molar-refractivity contribution >= 4 is 11.8 Å². The predicted octanol–water partition coefficient (Wildman–Crippen LogP) is -0.116. The molecule has 2 heterocycles. The van der Waals surface area contributed by atoms with Crippen molar-refractivity contribution in [3.8, 4) is 0 Å². The third kappa shape index (κ3) is 4.76. The number of nitrogens with one attached hydrogen (secondary N) is 2. The van der Waals surface area contributed by atoms with E-state index in [1.54, 1.807) is 0 Å². The van der Waals surface area contributed by atoms with Gasteiger partial charge in [-0.3, -0.25) is 9.59 Å². The van der Waals surface area contributed by atoms with Gasteiger partial charge in [-0.1, -0.05) is 6.42 Å². The minimum Gasteiger partial charge on any atom is -0.378 e. The summed E-state index contributed by atoms with van der Waals surface area (Å²) in [6.45, 7) is 4.05. The normalized spacial score (nSPS) is 24.3. The lowest BCUT2D eigenvalue weighted by atomic mass is 10.2. The summed E-state index contributed by atoms with van der Waals surface area (Å²) in [6.07, 6.45) is 4.74. The number of hydrogen-bond acceptors (Lipinski definition) is 4. The summed E-state index contributed by atoms with van der Waals surface area (Å²) < 4.78 is 5.26. The zero-order chi connectivity index (χ0) is 14.2. The molecule has 20 heavy (non-hydrogen) atoms. The molecule has 6 nitrogen and oxygen atoms in total. The summed E-state index contributed by atoms with van der Waals surface area (Å²) in [5.41, 5.74) is 0. The zero-order valence-electron chi connectivity index (χ0n) is 12.0. The maximum absolute atomic E-state index is 11.8. The van der Waals surface area contributed by atoms with Crippen LogP contribution >= 0.6 is 0 Å². The molecule has 2 fully saturated rings. The molecule has 1 atom stereocenters. The molecule has 6 heteroatoms. The van der Waals surface area contributed by atoms with E-state index in [-0.39, 0.29) is 17.9 Å². The van der Waals surface area contributed by atoms with Gasteiger partial charge in [-0.05, 0) is 19.3 Å². The molecule has 1 unspecified atom stereocenters. The molecule has 2 rings (SSSR count). The third-order valence-corrected chi connectivity index (χ3v) is 3.81. The van der Waals surface area contributed by atoms with Crippen LogP contribution in [0.1, 0.15) is 32.1 Å². The molecule has 2 aliphatic heterocycles. The van der Waals surface area contributed by atoms with Crippen molar-refractivity contribution in [3.63, 3.8) is 0 Å². The Morgan fingerprint density at radius 2 is 2.30 bits per heavy atom. The number of amides is 2. The van der Waals surface area contributed by atoms with Gasteiger partial charge in [0.15, 0.2) is 0 Å². The number of morpholine rings is 1. The van der Waals surface area contributed by atoms with Crippen LogP contribution in [0.3, 0.4) is 0 Å². The van der Waals surface area contributed by atoms with Crippen molar-refractivity contribution in [2.45, 2.75) is 38.1 Å². The second kappa shape index (κ2) is 8.21. The van der Waals surface area contributed by atoms with Gasteiger partial charge in [0.1, 0.15) is 6.04 Å². The van der Waals surface area contributed by atoms with Crippen molar-refractivity contribution in [2.75, 3.05) is 39.4 Å². The Hall–Kier alpha value is -1.14. The van der Waals surface area contributed by atoms with Gasteiger partial charge in [0.05, 0.1) is 13.2 Å². The Labute approximate surface area is 120 Å². The lowest BCUT2D eigenvalue weighted by Crippen LogP contribution is -2.51. The van der Waals surface area contributed by atoms with Gasteiger partial charge in [-0.2, -0.15) is 0 Å². The largest absolute Gasteiger partial charge is 0.378 e. The molecular formula is C14H25N3O3. The van der Waals surface area contributed by atoms with Crippen LogP contribution in [-0.2, 0) is 14.3 Å². The summed E-state index contributed by atoms with van der Waals surface area (Å²) in [7, 11) is 0. The molecule has 0 aromatic rings. The Morgan fingerprint density at radius 1 is 1.40 bits per heavy atom. The number of hydrogen-bond donors (Lipinski definition) is 2. The Balaban J connectivity index is 1.60. The van der Waals surface area contributed by atoms with Gasteiger partial charge >= 0.3 is 0 Å². The van der Waals surface area contributed by atoms with Crippen LogP contribution in [0.4, 0.5) is 0 Å². The number of carbonyl (C=O) groups excluding carboxylic acids is 2. The first-order chi connectivity index (χ1) is 9.77. The smallest absolute Gasteiger partial charge is 0.239 e. The van der Waals surface area contributed by atoms with Gasteiger partial charge in [0.25, 0.3) is 0 Å². The summed E-state index contributed by atoms with van der Waals surface area (Å²) in [5.74, 6) is 0.253. The highest BCUT2D eigenvalue weighted by Gasteiger charge is 2.21. The van der Waals surface area contributed by atoms with E-state index in [0.717, 1.165) is 45.3 Å². The first-order valence-corrected chi connectivity index (χ1v) is 7.64. The monoisotopic (exact) mass is 283 g/mol. The second-order valence-corrected chi connectivity index (χ2v) is 5.42. The van der Waals surface area contributed by atoms with E-state index in [0.29, 0.717) is 26.2 Å². The van der Waals surface area contributed by atoms with Gasteiger partial charge < -0.3 is 20.3 Å². The van der Waals surface area contributed by atoms with E-state index in [1.807, 2.05) is 4.90 Å². The first-order valence-electron chi connectivity index (χ1n) is 7.64. The highest BCUT2D eigenvalue weighted by atomic mass is 16.5. The molecule has 2 aliphatic rings. The van der Waals surface area contributed by atoms with Crippen molar-refractivity contribution < 1.29 is 14.3 Å². The predicted molar refractivity (Wildman–Crippen MR) is 75.3 cm³/mol. The van der Waals surface area contributed by atoms with E-state index in [2.05, 4.69) is 10.6 Å². The van der Waals surface area contributed by atoms with Crippen molar-refractivity contribution in [1.82, 2.24) is 15.5 Å². The number of likely N-dealkylation sites (tertiary alicyclic amines) is 1. The Morgan fingerprint density at radius 3 is 3.10 bits per heavy atom. The minimum atomic E-state index is -0.233. The van der Waals surface area contributed by atoms with Crippen LogP contribution in [0.5, 0.6) is 0 Å². The molecule has 114 valence electrons. The van der Waals surface area contributed by atoms with Gasteiger partial charge in [0, 0.05) is 32.6 Å². The molecule has 0 aliphatic carbocycles. The van der Waals surface area contributed by atoms with Gasteiger partial charge in [-0.25, -0.2) is 0 Å². The third-order valence-electron chi connectivity index (χ3n) is 3.81. The first kappa shape index (κ1) is 15.3. The number of carbonyl (C=O) groups is 2. The molecule has 0 spiro atoms. The Bertz CT molecular complexity index is 330. The van der Waals surface area contributed by atoms with E-state index >= 15 is 0 Å². The maximum Gasteiger partial charge on any atom is 0.239 e. The minimum absolute atomic E-state index is 0.00751. The Kier molecular flexibility index (Phi) is 6.26. The number of ether oxygens (including phenoxy) is 1. The average molecular weight is 283 g/mol. The summed E-state index contributed by atoms with van der Waals surface area (Å²) in [6, 6.07) is -0.233. The summed E-state index contributed by atoms with van der Waals surface area (Å²) in [4.78, 5) is 25.6. The average Bonchev–Trinajstić information content (AvgIpc) is 2.69. The molecule has 2 saturated heterocycles. The number of nitrogens with zero attached hydrogens (tertiary/aromatic N) is 1. The number of rotatable bonds is 5. The van der Waals surface area contributed by atoms with Gasteiger partial charge in [0.2, 0.25) is 11.8 Å². The quantitative estimate of drug-likeness (QED) is 0.690. The fourth-order valence-electron chi connectivity index (χ4n) is 2.61. The molecule has 0 radical (unpaired) electrons. The standard InChI is InChI=1S/C14H25N3O3/c18-13-5-2-1-3-8-17(13)9-4-6-16-14(19)12-11-20-10-7-15-12/h12,15H,1-11H2,(H,16,19). The molecule has 0 saturated carbocycles. The molecule has 0 aromatic heterocycles. The van der Waals surface area contributed by atoms with Crippen LogP contribution < -0.4 is 10.6 Å². The second-order valence-electron chi connectivity index (χ2n) is 5.42. The fraction of sp³-hybridized carbons (Fsp3) is 0.857. The van der Waals surface area contributed by atoms with Crippen molar-refractivity contribution in [1.29, 1.82) is 0 Å². The zero-order valence-corrected chi connectivity index (χ0v) is 12.0. The van der Waals surface area contributed by atoms with Crippen LogP contribution in [0, 0.1) is 0 Å². The van der Waals surface area contributed by atoms with Crippen LogP contribution in [0.25, 0.3) is 0 Å². The van der Waals surface area contributed by atoms with Crippen LogP contribution in [0.2, 0.25) is 0 Å². The fourth-order valence-corrected chi connectivity index (χ4v) is 2.61. The molecular weight excluding hydrogens is 258 g/mol. The SMILES string of the molecule is O=C(NCCCN1CCCCCC1=O)C1COCCN1. The summed E-state index contributed by atoms with van der Waals surface area (Å²) in [5, 5.41) is 6.03. The van der Waals surface area contributed by atoms with E-state index in [9.17, 15) is 9.59 Å². The molecule has 0 bridgehead atoms. The lowest BCUT2D eigenvalue weighted by Gasteiger charge is -2.23. The lowest BCUT2D eigenvalue weighted by molar-refractivity contribution is -0.130. The van der Waals surface area contributed by atoms with Crippen molar-refractivity contribution in [2.24, 2.45) is 0 Å². The van der Waals surface area contributed by atoms with Crippen LogP contribution in [-0.4, -0.2) is 62.1 Å². The van der Waals surface area contributed by atoms with E-state index in [1.165, 1.54) is 0 Å². The van der Waals surface area contributed by atoms with Crippen LogP contribution in [0.15, 0.2) is 0 Å². The molecule has 2 amide bonds.